The Balaban J connectivity index is 1.50. The van der Waals surface area contributed by atoms with Gasteiger partial charge in [-0.3, -0.25) is 9.52 Å². The van der Waals surface area contributed by atoms with Crippen molar-refractivity contribution in [3.63, 3.8) is 0 Å². The van der Waals surface area contributed by atoms with Crippen LogP contribution in [-0.4, -0.2) is 20.1 Å². The van der Waals surface area contributed by atoms with Crippen molar-refractivity contribution in [2.24, 2.45) is 0 Å². The Hall–Kier alpha value is -2.77. The number of thioether (sulfide) groups is 1. The van der Waals surface area contributed by atoms with E-state index in [0.29, 0.717) is 17.1 Å². The highest BCUT2D eigenvalue weighted by Crippen LogP contribution is 2.19. The number of nitrogens with one attached hydrogen (secondary N) is 2. The summed E-state index contributed by atoms with van der Waals surface area (Å²) >= 11 is 1.55. The van der Waals surface area contributed by atoms with Crippen LogP contribution in [0.4, 0.5) is 11.4 Å². The van der Waals surface area contributed by atoms with Crippen molar-refractivity contribution in [3.8, 4) is 0 Å². The summed E-state index contributed by atoms with van der Waals surface area (Å²) in [6.07, 6.45) is 0. The summed E-state index contributed by atoms with van der Waals surface area (Å²) in [7, 11) is -3.65. The van der Waals surface area contributed by atoms with Gasteiger partial charge in [-0.05, 0) is 55.8 Å². The van der Waals surface area contributed by atoms with Crippen molar-refractivity contribution in [2.75, 3.05) is 15.8 Å². The van der Waals surface area contributed by atoms with Crippen LogP contribution >= 0.6 is 11.8 Å². The molecule has 7 heteroatoms. The van der Waals surface area contributed by atoms with E-state index in [0.717, 1.165) is 11.3 Å². The molecule has 0 aromatic heterocycles. The molecule has 2 N–H and O–H groups in total. The second kappa shape index (κ2) is 9.82. The Bertz CT molecular complexity index is 1090. The number of hydrogen-bond acceptors (Lipinski definition) is 4. The Morgan fingerprint density at radius 1 is 0.800 bits per heavy atom. The van der Waals surface area contributed by atoms with Crippen molar-refractivity contribution >= 4 is 39.1 Å². The smallest absolute Gasteiger partial charge is 0.261 e. The number of amides is 1. The molecule has 0 saturated carbocycles. The summed E-state index contributed by atoms with van der Waals surface area (Å²) in [5.74, 6) is 1.02. The zero-order valence-corrected chi connectivity index (χ0v) is 18.5. The topological polar surface area (TPSA) is 75.3 Å². The van der Waals surface area contributed by atoms with Crippen molar-refractivity contribution in [3.05, 3.63) is 89.5 Å². The van der Waals surface area contributed by atoms with Crippen molar-refractivity contribution < 1.29 is 13.2 Å². The van der Waals surface area contributed by atoms with Crippen LogP contribution in [0.3, 0.4) is 0 Å². The number of anilines is 2. The average molecular weight is 441 g/mol. The third-order valence-corrected chi connectivity index (χ3v) is 6.78. The van der Waals surface area contributed by atoms with Crippen LogP contribution in [0.5, 0.6) is 0 Å². The van der Waals surface area contributed by atoms with Crippen molar-refractivity contribution in [2.45, 2.75) is 24.5 Å². The minimum atomic E-state index is -3.65. The SMILES string of the molecule is Cc1ccc(CSCC(=O)Nc2ccc(NS(=O)(=O)c3ccc(C)cc3)cc2)cc1. The molecule has 0 spiro atoms. The second-order valence-corrected chi connectivity index (χ2v) is 9.69. The van der Waals surface area contributed by atoms with E-state index in [2.05, 4.69) is 34.3 Å². The van der Waals surface area contributed by atoms with Crippen LogP contribution in [0.25, 0.3) is 0 Å². The second-order valence-electron chi connectivity index (χ2n) is 7.02. The van der Waals surface area contributed by atoms with E-state index in [1.54, 1.807) is 60.3 Å². The van der Waals surface area contributed by atoms with Gasteiger partial charge in [-0.15, -0.1) is 11.8 Å². The van der Waals surface area contributed by atoms with Crippen LogP contribution in [0.1, 0.15) is 16.7 Å². The van der Waals surface area contributed by atoms with E-state index in [-0.39, 0.29) is 10.8 Å². The van der Waals surface area contributed by atoms with Gasteiger partial charge >= 0.3 is 0 Å². The third kappa shape index (κ3) is 6.37. The molecule has 1 amide bonds. The molecular formula is C23H24N2O3S2. The fourth-order valence-electron chi connectivity index (χ4n) is 2.70. The number of rotatable bonds is 8. The molecule has 30 heavy (non-hydrogen) atoms. The maximum atomic E-state index is 12.4. The number of sulfonamides is 1. The normalized spacial score (nSPS) is 11.1. The van der Waals surface area contributed by atoms with Crippen molar-refractivity contribution in [1.29, 1.82) is 0 Å². The highest BCUT2D eigenvalue weighted by atomic mass is 32.2. The fraction of sp³-hybridized carbons (Fsp3) is 0.174. The minimum Gasteiger partial charge on any atom is -0.325 e. The molecule has 0 bridgehead atoms. The van der Waals surface area contributed by atoms with Crippen LogP contribution in [0, 0.1) is 13.8 Å². The molecule has 0 aliphatic rings. The van der Waals surface area contributed by atoms with E-state index >= 15 is 0 Å². The summed E-state index contributed by atoms with van der Waals surface area (Å²) in [4.78, 5) is 12.3. The molecule has 0 heterocycles. The lowest BCUT2D eigenvalue weighted by Gasteiger charge is -2.10. The quantitative estimate of drug-likeness (QED) is 0.518. The summed E-state index contributed by atoms with van der Waals surface area (Å²) < 4.78 is 27.4. The first-order valence-corrected chi connectivity index (χ1v) is 12.1. The standard InChI is InChI=1S/C23H24N2O3S2/c1-17-3-7-19(8-4-17)15-29-16-23(26)24-20-9-11-21(12-10-20)25-30(27,28)22-13-5-18(2)6-14-22/h3-14,25H,15-16H2,1-2H3,(H,24,26). The highest BCUT2D eigenvalue weighted by molar-refractivity contribution is 7.99. The van der Waals surface area contributed by atoms with Gasteiger partial charge in [0.25, 0.3) is 10.0 Å². The molecule has 0 unspecified atom stereocenters. The number of aryl methyl sites for hydroxylation is 2. The van der Waals surface area contributed by atoms with E-state index in [1.165, 1.54) is 11.1 Å². The van der Waals surface area contributed by atoms with Gasteiger partial charge in [0, 0.05) is 17.1 Å². The molecule has 5 nitrogen and oxygen atoms in total. The number of carbonyl (C=O) groups is 1. The van der Waals surface area contributed by atoms with Gasteiger partial charge in [0.2, 0.25) is 5.91 Å². The molecule has 0 fully saturated rings. The average Bonchev–Trinajstić information content (AvgIpc) is 2.71. The van der Waals surface area contributed by atoms with Crippen LogP contribution < -0.4 is 10.0 Å². The van der Waals surface area contributed by atoms with Gasteiger partial charge in [0.05, 0.1) is 10.6 Å². The minimum absolute atomic E-state index is 0.0971. The summed E-state index contributed by atoms with van der Waals surface area (Å²) in [5, 5.41) is 2.83. The van der Waals surface area contributed by atoms with Gasteiger partial charge in [0.1, 0.15) is 0 Å². The molecule has 0 radical (unpaired) electrons. The van der Waals surface area contributed by atoms with E-state index in [4.69, 9.17) is 0 Å². The predicted octanol–water partition coefficient (Wildman–Crippen LogP) is 4.98. The predicted molar refractivity (Wildman–Crippen MR) is 124 cm³/mol. The number of hydrogen-bond donors (Lipinski definition) is 2. The molecule has 3 aromatic rings. The van der Waals surface area contributed by atoms with Gasteiger partial charge in [-0.1, -0.05) is 47.5 Å². The number of carbonyl (C=O) groups excluding carboxylic acids is 1. The Kier molecular flexibility index (Phi) is 7.18. The maximum Gasteiger partial charge on any atom is 0.261 e. The van der Waals surface area contributed by atoms with Crippen LogP contribution in [0.15, 0.2) is 77.7 Å². The molecule has 156 valence electrons. The monoisotopic (exact) mass is 440 g/mol. The van der Waals surface area contributed by atoms with E-state index in [9.17, 15) is 13.2 Å². The first-order valence-electron chi connectivity index (χ1n) is 9.44. The lowest BCUT2D eigenvalue weighted by Crippen LogP contribution is -2.15. The summed E-state index contributed by atoms with van der Waals surface area (Å²) in [6, 6.07) is 21.5. The molecule has 3 rings (SSSR count). The Morgan fingerprint density at radius 3 is 1.93 bits per heavy atom. The number of benzene rings is 3. The third-order valence-electron chi connectivity index (χ3n) is 4.37. The summed E-state index contributed by atoms with van der Waals surface area (Å²) in [5.41, 5.74) is 4.44. The van der Waals surface area contributed by atoms with Gasteiger partial charge in [0.15, 0.2) is 0 Å². The molecule has 0 atom stereocenters. The maximum absolute atomic E-state index is 12.4. The van der Waals surface area contributed by atoms with Gasteiger partial charge in [-0.25, -0.2) is 8.42 Å². The van der Waals surface area contributed by atoms with Crippen LogP contribution in [0.2, 0.25) is 0 Å². The molecule has 0 aliphatic carbocycles. The first-order chi connectivity index (χ1) is 14.3. The van der Waals surface area contributed by atoms with Crippen molar-refractivity contribution in [1.82, 2.24) is 0 Å². The van der Waals surface area contributed by atoms with Gasteiger partial charge < -0.3 is 5.32 Å². The molecular weight excluding hydrogens is 416 g/mol. The zero-order chi connectivity index (χ0) is 21.6. The largest absolute Gasteiger partial charge is 0.325 e. The van der Waals surface area contributed by atoms with Crippen LogP contribution in [-0.2, 0) is 20.6 Å². The van der Waals surface area contributed by atoms with Gasteiger partial charge in [-0.2, -0.15) is 0 Å². The Labute approximate surface area is 182 Å². The lowest BCUT2D eigenvalue weighted by molar-refractivity contribution is -0.113. The fourth-order valence-corrected chi connectivity index (χ4v) is 4.54. The molecule has 3 aromatic carbocycles. The lowest BCUT2D eigenvalue weighted by atomic mass is 10.2. The zero-order valence-electron chi connectivity index (χ0n) is 16.9. The van der Waals surface area contributed by atoms with E-state index in [1.807, 2.05) is 13.8 Å². The first kappa shape index (κ1) is 21.9. The highest BCUT2D eigenvalue weighted by Gasteiger charge is 2.13. The molecule has 0 saturated heterocycles. The summed E-state index contributed by atoms with van der Waals surface area (Å²) in [6.45, 7) is 3.95. The molecule has 0 aliphatic heterocycles. The van der Waals surface area contributed by atoms with E-state index < -0.39 is 10.0 Å². The Morgan fingerprint density at radius 2 is 1.33 bits per heavy atom.